The van der Waals surface area contributed by atoms with Crippen molar-refractivity contribution in [1.29, 1.82) is 5.26 Å². The van der Waals surface area contributed by atoms with E-state index < -0.39 is 0 Å². The summed E-state index contributed by atoms with van der Waals surface area (Å²) in [7, 11) is 0. The first-order chi connectivity index (χ1) is 11.1. The summed E-state index contributed by atoms with van der Waals surface area (Å²) in [5.74, 6) is 0.647. The van der Waals surface area contributed by atoms with Crippen molar-refractivity contribution in [2.24, 2.45) is 0 Å². The Balaban J connectivity index is 2.19. The highest BCUT2D eigenvalue weighted by molar-refractivity contribution is 8.00. The van der Waals surface area contributed by atoms with Gasteiger partial charge in [0.25, 0.3) is 5.56 Å². The fourth-order valence-electron chi connectivity index (χ4n) is 2.15. The molecule has 2 heterocycles. The van der Waals surface area contributed by atoms with Crippen molar-refractivity contribution in [1.82, 2.24) is 9.55 Å². The maximum Gasteiger partial charge on any atom is 0.262 e. The van der Waals surface area contributed by atoms with Crippen LogP contribution < -0.4 is 5.56 Å². The first-order valence-electron chi connectivity index (χ1n) is 6.87. The molecule has 0 unspecified atom stereocenters. The lowest BCUT2D eigenvalue weighted by Crippen LogP contribution is -2.24. The van der Waals surface area contributed by atoms with Crippen molar-refractivity contribution in [3.8, 4) is 6.07 Å². The molecule has 0 saturated carbocycles. The Morgan fingerprint density at radius 3 is 3.00 bits per heavy atom. The van der Waals surface area contributed by atoms with E-state index in [0.717, 1.165) is 0 Å². The molecule has 0 N–H and O–H groups in total. The van der Waals surface area contributed by atoms with Crippen molar-refractivity contribution >= 4 is 34.3 Å². The second-order valence-electron chi connectivity index (χ2n) is 4.92. The maximum absolute atomic E-state index is 12.8. The normalized spacial score (nSPS) is 12.2. The molecule has 0 aliphatic rings. The van der Waals surface area contributed by atoms with Crippen LogP contribution in [0.2, 0.25) is 5.02 Å². The monoisotopic (exact) mass is 345 g/mol. The largest absolute Gasteiger partial charge is 0.467 e. The van der Waals surface area contributed by atoms with Gasteiger partial charge in [0.15, 0.2) is 5.16 Å². The molecular weight excluding hydrogens is 334 g/mol. The third-order valence-corrected chi connectivity index (χ3v) is 4.46. The van der Waals surface area contributed by atoms with E-state index in [9.17, 15) is 4.79 Å². The number of thioether (sulfide) groups is 1. The van der Waals surface area contributed by atoms with Gasteiger partial charge in [-0.1, -0.05) is 23.4 Å². The summed E-state index contributed by atoms with van der Waals surface area (Å²) >= 11 is 7.22. The minimum atomic E-state index is -0.332. The van der Waals surface area contributed by atoms with Crippen LogP contribution in [-0.4, -0.2) is 14.8 Å². The Bertz CT molecular complexity index is 944. The number of hydrogen-bond acceptors (Lipinski definition) is 5. The van der Waals surface area contributed by atoms with Gasteiger partial charge in [0.2, 0.25) is 0 Å². The average molecular weight is 346 g/mol. The highest BCUT2D eigenvalue weighted by atomic mass is 35.5. The van der Waals surface area contributed by atoms with Gasteiger partial charge < -0.3 is 4.42 Å². The molecule has 0 fully saturated rings. The van der Waals surface area contributed by atoms with Gasteiger partial charge in [0.1, 0.15) is 5.76 Å². The molecule has 0 saturated heterocycles. The highest BCUT2D eigenvalue weighted by Gasteiger charge is 2.15. The van der Waals surface area contributed by atoms with E-state index in [1.165, 1.54) is 16.3 Å². The van der Waals surface area contributed by atoms with Crippen molar-refractivity contribution in [2.75, 3.05) is 0 Å². The fourth-order valence-corrected chi connectivity index (χ4v) is 3.11. The number of furan rings is 1. The van der Waals surface area contributed by atoms with Gasteiger partial charge in [-0.15, -0.1) is 0 Å². The number of benzene rings is 1. The number of nitriles is 1. The van der Waals surface area contributed by atoms with Crippen molar-refractivity contribution < 1.29 is 4.42 Å². The van der Waals surface area contributed by atoms with Crippen LogP contribution in [0.15, 0.2) is 51.0 Å². The highest BCUT2D eigenvalue weighted by Crippen LogP contribution is 2.24. The lowest BCUT2D eigenvalue weighted by Gasteiger charge is -2.12. The van der Waals surface area contributed by atoms with E-state index in [1.807, 2.05) is 0 Å². The topological polar surface area (TPSA) is 71.8 Å². The molecule has 0 aliphatic heterocycles. The standard InChI is InChI=1S/C16H12ClN3O2S/c1-10(8-18)23-16-19-14-7-11(17)4-5-13(14)15(21)20(16)9-12-3-2-6-22-12/h2-7,10H,9H2,1H3/t10-/m1/s1. The van der Waals surface area contributed by atoms with Crippen molar-refractivity contribution in [3.05, 3.63) is 57.7 Å². The molecule has 0 aliphatic carbocycles. The maximum atomic E-state index is 12.8. The predicted molar refractivity (Wildman–Crippen MR) is 89.8 cm³/mol. The zero-order valence-corrected chi connectivity index (χ0v) is 13.8. The average Bonchev–Trinajstić information content (AvgIpc) is 3.03. The van der Waals surface area contributed by atoms with Crippen LogP contribution >= 0.6 is 23.4 Å². The minimum Gasteiger partial charge on any atom is -0.467 e. The first kappa shape index (κ1) is 15.7. The molecule has 3 aromatic rings. The van der Waals surface area contributed by atoms with Crippen LogP contribution in [0, 0.1) is 11.3 Å². The Labute approximate surface area is 141 Å². The second-order valence-corrected chi connectivity index (χ2v) is 6.66. The molecule has 23 heavy (non-hydrogen) atoms. The summed E-state index contributed by atoms with van der Waals surface area (Å²) < 4.78 is 6.85. The molecule has 0 radical (unpaired) electrons. The molecule has 1 atom stereocenters. The summed E-state index contributed by atoms with van der Waals surface area (Å²) in [6, 6.07) is 10.7. The van der Waals surface area contributed by atoms with Gasteiger partial charge in [-0.2, -0.15) is 5.26 Å². The van der Waals surface area contributed by atoms with Gasteiger partial charge in [0.05, 0.1) is 35.0 Å². The summed E-state index contributed by atoms with van der Waals surface area (Å²) in [4.78, 5) is 17.3. The van der Waals surface area contributed by atoms with Crippen LogP contribution in [0.4, 0.5) is 0 Å². The van der Waals surface area contributed by atoms with Crippen LogP contribution in [-0.2, 0) is 6.54 Å². The van der Waals surface area contributed by atoms with Crippen molar-refractivity contribution in [2.45, 2.75) is 23.9 Å². The third-order valence-electron chi connectivity index (χ3n) is 3.24. The molecule has 0 amide bonds. The Morgan fingerprint density at radius 1 is 1.48 bits per heavy atom. The van der Waals surface area contributed by atoms with E-state index >= 15 is 0 Å². The molecule has 0 spiro atoms. The van der Waals surface area contributed by atoms with E-state index in [4.69, 9.17) is 21.3 Å². The number of halogens is 1. The molecule has 2 aromatic heterocycles. The van der Waals surface area contributed by atoms with E-state index in [0.29, 0.717) is 26.8 Å². The summed E-state index contributed by atoms with van der Waals surface area (Å²) in [6.45, 7) is 2.02. The SMILES string of the molecule is C[C@H](C#N)Sc1nc2cc(Cl)ccc2c(=O)n1Cc1ccco1. The number of rotatable bonds is 4. The first-order valence-corrected chi connectivity index (χ1v) is 8.13. The molecule has 5 nitrogen and oxygen atoms in total. The Morgan fingerprint density at radius 2 is 2.30 bits per heavy atom. The molecule has 7 heteroatoms. The molecular formula is C16H12ClN3O2S. The summed E-state index contributed by atoms with van der Waals surface area (Å²) in [6.07, 6.45) is 1.55. The van der Waals surface area contributed by atoms with Crippen LogP contribution in [0.3, 0.4) is 0 Å². The van der Waals surface area contributed by atoms with Gasteiger partial charge in [-0.3, -0.25) is 9.36 Å². The number of nitrogens with zero attached hydrogens (tertiary/aromatic N) is 3. The Hall–Kier alpha value is -2.23. The van der Waals surface area contributed by atoms with Gasteiger partial charge >= 0.3 is 0 Å². The second kappa shape index (κ2) is 6.49. The minimum absolute atomic E-state index is 0.185. The van der Waals surface area contributed by atoms with E-state index in [2.05, 4.69) is 11.1 Å². The third kappa shape index (κ3) is 3.26. The zero-order chi connectivity index (χ0) is 16.4. The smallest absolute Gasteiger partial charge is 0.262 e. The van der Waals surface area contributed by atoms with Crippen LogP contribution in [0.5, 0.6) is 0 Å². The molecule has 116 valence electrons. The number of hydrogen-bond donors (Lipinski definition) is 0. The van der Waals surface area contributed by atoms with Crippen molar-refractivity contribution in [3.63, 3.8) is 0 Å². The summed E-state index contributed by atoms with van der Waals surface area (Å²) in [5.41, 5.74) is 0.335. The molecule has 3 rings (SSSR count). The molecule has 0 bridgehead atoms. The van der Waals surface area contributed by atoms with Crippen LogP contribution in [0.25, 0.3) is 10.9 Å². The zero-order valence-electron chi connectivity index (χ0n) is 12.2. The van der Waals surface area contributed by atoms with Gasteiger partial charge in [-0.05, 0) is 37.3 Å². The predicted octanol–water partition coefficient (Wildman–Crippen LogP) is 3.70. The van der Waals surface area contributed by atoms with E-state index in [-0.39, 0.29) is 17.4 Å². The number of aromatic nitrogens is 2. The quantitative estimate of drug-likeness (QED) is 0.532. The summed E-state index contributed by atoms with van der Waals surface area (Å²) in [5, 5.41) is 10.2. The van der Waals surface area contributed by atoms with E-state index in [1.54, 1.807) is 43.5 Å². The van der Waals surface area contributed by atoms with Gasteiger partial charge in [-0.25, -0.2) is 4.98 Å². The lowest BCUT2D eigenvalue weighted by atomic mass is 10.2. The van der Waals surface area contributed by atoms with Crippen LogP contribution in [0.1, 0.15) is 12.7 Å². The number of fused-ring (bicyclic) bond motifs is 1. The van der Waals surface area contributed by atoms with Gasteiger partial charge in [0, 0.05) is 5.02 Å². The fraction of sp³-hybridized carbons (Fsp3) is 0.188. The molecule has 1 aromatic carbocycles. The lowest BCUT2D eigenvalue weighted by molar-refractivity contribution is 0.476. The Kier molecular flexibility index (Phi) is 4.42.